The Bertz CT molecular complexity index is 2680. The van der Waals surface area contributed by atoms with Crippen molar-refractivity contribution < 1.29 is 28.5 Å². The van der Waals surface area contributed by atoms with E-state index in [1.54, 1.807) is 41.1 Å². The summed E-state index contributed by atoms with van der Waals surface area (Å²) in [4.78, 5) is 64.4. The number of benzene rings is 2. The lowest BCUT2D eigenvalue weighted by molar-refractivity contribution is 0.0660. The second-order valence-corrected chi connectivity index (χ2v) is 24.8. The maximum atomic E-state index is 14.0. The van der Waals surface area contributed by atoms with Crippen LogP contribution in [0.5, 0.6) is 11.5 Å². The predicted molar refractivity (Wildman–Crippen MR) is 273 cm³/mol. The highest BCUT2D eigenvalue weighted by molar-refractivity contribution is 7.91. The molecule has 0 aliphatic carbocycles. The molecule has 2 aromatic heterocycles. The highest BCUT2D eigenvalue weighted by Gasteiger charge is 2.40. The van der Waals surface area contributed by atoms with E-state index in [4.69, 9.17) is 51.1 Å². The number of aromatic hydroxyl groups is 1. The van der Waals surface area contributed by atoms with Crippen molar-refractivity contribution in [2.24, 2.45) is 25.9 Å². The first-order valence-corrected chi connectivity index (χ1v) is 26.2. The number of nitrogens with zero attached hydrogens (tertiary/aromatic N) is 6. The van der Waals surface area contributed by atoms with Gasteiger partial charge in [-0.05, 0) is 103 Å². The molecule has 4 heterocycles. The molecule has 0 bridgehead atoms. The van der Waals surface area contributed by atoms with Gasteiger partial charge in [0.2, 0.25) is 0 Å². The largest absolute Gasteiger partial charge is 0.598 e. The Morgan fingerprint density at radius 2 is 1.23 bits per heavy atom. The van der Waals surface area contributed by atoms with E-state index < -0.39 is 49.9 Å². The van der Waals surface area contributed by atoms with Gasteiger partial charge in [-0.3, -0.25) is 19.2 Å². The fraction of sp³-hybridized carbons (Fsp3) is 0.489. The highest BCUT2D eigenvalue weighted by atomic mass is 35.5. The van der Waals surface area contributed by atoms with Crippen LogP contribution in [0.4, 0.5) is 0 Å². The topological polar surface area (TPSA) is 210 Å². The fourth-order valence-corrected chi connectivity index (χ4v) is 10.5. The van der Waals surface area contributed by atoms with Crippen LogP contribution >= 0.6 is 46.4 Å². The number of amides is 2. The van der Waals surface area contributed by atoms with Crippen LogP contribution in [-0.2, 0) is 36.8 Å². The third kappa shape index (κ3) is 13.4. The van der Waals surface area contributed by atoms with Gasteiger partial charge >= 0.3 is 0 Å². The second kappa shape index (κ2) is 22.7. The molecule has 0 spiro atoms. The first-order chi connectivity index (χ1) is 32.3. The number of likely N-dealkylation sites (tertiary alicyclic amines) is 2. The molecule has 2 aromatic carbocycles. The second-order valence-electron chi connectivity index (χ2n) is 19.2. The molecule has 2 saturated heterocycles. The normalized spacial score (nSPS) is 17.2. The van der Waals surface area contributed by atoms with E-state index in [1.165, 1.54) is 40.7 Å². The van der Waals surface area contributed by atoms with Gasteiger partial charge in [0.25, 0.3) is 22.9 Å². The summed E-state index contributed by atoms with van der Waals surface area (Å²) in [6.07, 6.45) is 9.05. The number of ether oxygens (including phenoxy) is 1. The van der Waals surface area contributed by atoms with Crippen molar-refractivity contribution in [1.29, 1.82) is 0 Å². The van der Waals surface area contributed by atoms with E-state index in [0.29, 0.717) is 68.7 Å². The van der Waals surface area contributed by atoms with Gasteiger partial charge in [0.1, 0.15) is 44.7 Å². The minimum Gasteiger partial charge on any atom is -0.598 e. The SMILES string of the molecule is Cn1cc(C(=O)N2CCC([C@@H](N[S@@+]([O-])C(C)(C)C)c3cc(Cl)c(Cl)cc3OC/C=C/c3nc(C(=O)N4CCC([C@@H](N[S@@+]([O-])C(C)(C)C)c5cc(Cl)c(Cl)cc5O)CC4)cn(C)c3=O)CC2)ncc1=O. The third-order valence-corrected chi connectivity index (χ3v) is 16.7. The number of aryl methyl sites for hydroxylation is 2. The van der Waals surface area contributed by atoms with E-state index in [9.17, 15) is 33.4 Å². The number of hydrogen-bond acceptors (Lipinski definition) is 12. The number of phenols is 1. The maximum absolute atomic E-state index is 14.0. The van der Waals surface area contributed by atoms with Gasteiger partial charge in [-0.25, -0.2) is 9.97 Å². The molecule has 4 aromatic rings. The molecule has 2 amide bonds. The molecule has 2 fully saturated rings. The monoisotopic (exact) mass is 1070 g/mol. The van der Waals surface area contributed by atoms with Crippen LogP contribution in [0.3, 0.4) is 0 Å². The summed E-state index contributed by atoms with van der Waals surface area (Å²) >= 11 is 22.7. The Hall–Kier alpha value is -3.82. The van der Waals surface area contributed by atoms with Crippen LogP contribution in [0, 0.1) is 11.8 Å². The smallest absolute Gasteiger partial charge is 0.276 e. The summed E-state index contributed by atoms with van der Waals surface area (Å²) in [5, 5.41) is 11.8. The fourth-order valence-electron chi connectivity index (χ4n) is 8.07. The number of piperidine rings is 2. The van der Waals surface area contributed by atoms with Crippen LogP contribution in [0.2, 0.25) is 20.1 Å². The molecule has 3 N–H and O–H groups in total. The molecule has 374 valence electrons. The van der Waals surface area contributed by atoms with E-state index >= 15 is 0 Å². The molecule has 0 unspecified atom stereocenters. The quantitative estimate of drug-likeness (QED) is 0.104. The molecule has 22 heteroatoms. The first-order valence-electron chi connectivity index (χ1n) is 22.3. The number of halogens is 4. The number of rotatable bonds is 14. The Balaban J connectivity index is 1.17. The molecular formula is C47H58Cl4N8O8S2. The molecule has 6 rings (SSSR count). The van der Waals surface area contributed by atoms with Crippen LogP contribution in [-0.4, -0.2) is 97.2 Å². The van der Waals surface area contributed by atoms with Crippen LogP contribution in [0.15, 0.2) is 58.5 Å². The van der Waals surface area contributed by atoms with E-state index in [0.717, 1.165) is 6.20 Å². The molecule has 16 nitrogen and oxygen atoms in total. The number of nitrogens with one attached hydrogen (secondary N) is 2. The number of phenolic OH excluding ortho intramolecular Hbond substituents is 1. The number of aromatic nitrogens is 4. The van der Waals surface area contributed by atoms with Gasteiger partial charge < -0.3 is 37.9 Å². The average molecular weight is 1070 g/mol. The van der Waals surface area contributed by atoms with Gasteiger partial charge in [0.05, 0.1) is 38.4 Å². The first kappa shape index (κ1) is 54.5. The predicted octanol–water partition coefficient (Wildman–Crippen LogP) is 7.58. The van der Waals surface area contributed by atoms with Gasteiger partial charge in [0, 0.05) is 98.7 Å². The Morgan fingerprint density at radius 3 is 1.75 bits per heavy atom. The van der Waals surface area contributed by atoms with Gasteiger partial charge in [0.15, 0.2) is 0 Å². The zero-order valence-corrected chi connectivity index (χ0v) is 44.3. The molecule has 69 heavy (non-hydrogen) atoms. The van der Waals surface area contributed by atoms with Crippen LogP contribution < -0.4 is 25.3 Å². The molecule has 0 radical (unpaired) electrons. The zero-order chi connectivity index (χ0) is 50.7. The lowest BCUT2D eigenvalue weighted by Gasteiger charge is -2.38. The van der Waals surface area contributed by atoms with Crippen molar-refractivity contribution >= 4 is 87.0 Å². The summed E-state index contributed by atoms with van der Waals surface area (Å²) in [5.74, 6) is -0.667. The van der Waals surface area contributed by atoms with Crippen molar-refractivity contribution in [2.75, 3.05) is 32.8 Å². The standard InChI is InChI=1S/C47H58Cl4N8O8S2/c1-46(2,3)68(65)54-41(29-20-31(48)33(50)22-38(29)60)27-11-17-59(18-12-27)45(64)37-26-57(8)43(62)35(53-37)10-9-19-67-39-23-34(51)32(49)21-30(39)42(55-69(66)47(4,5)6)28-13-15-58(16-14-28)44(63)36-25-56(7)40(61)24-52-36/h9-10,20-28,41-42,54-55,60H,11-19H2,1-8H3/b10-9+/t41-,42-,68+,69+/m1/s1. The van der Waals surface area contributed by atoms with Gasteiger partial charge in [-0.15, -0.1) is 9.44 Å². The maximum Gasteiger partial charge on any atom is 0.276 e. The minimum absolute atomic E-state index is 0.00885. The van der Waals surface area contributed by atoms with Crippen molar-refractivity contribution in [3.63, 3.8) is 0 Å². The lowest BCUT2D eigenvalue weighted by Crippen LogP contribution is -2.46. The van der Waals surface area contributed by atoms with E-state index in [2.05, 4.69) is 19.4 Å². The molecular weight excluding hydrogens is 1010 g/mol. The van der Waals surface area contributed by atoms with Crippen molar-refractivity contribution in [2.45, 2.75) is 88.8 Å². The van der Waals surface area contributed by atoms with Gasteiger partial charge in [-0.2, -0.15) is 0 Å². The molecule has 0 saturated carbocycles. The Morgan fingerprint density at radius 1 is 0.768 bits per heavy atom. The van der Waals surface area contributed by atoms with Crippen LogP contribution in [0.25, 0.3) is 6.08 Å². The summed E-state index contributed by atoms with van der Waals surface area (Å²) < 4.78 is 41.2. The number of carbonyl (C=O) groups is 2. The number of carbonyl (C=O) groups excluding carboxylic acids is 2. The Kier molecular flexibility index (Phi) is 18.0. The summed E-state index contributed by atoms with van der Waals surface area (Å²) in [7, 11) is 3.09. The highest BCUT2D eigenvalue weighted by Crippen LogP contribution is 2.42. The summed E-state index contributed by atoms with van der Waals surface area (Å²) in [6.45, 7) is 12.4. The van der Waals surface area contributed by atoms with E-state index in [1.807, 2.05) is 41.5 Å². The van der Waals surface area contributed by atoms with Crippen LogP contribution in [0.1, 0.15) is 117 Å². The zero-order valence-electron chi connectivity index (χ0n) is 39.7. The average Bonchev–Trinajstić information content (AvgIpc) is 3.29. The van der Waals surface area contributed by atoms with Crippen molar-refractivity contribution in [3.05, 3.63) is 118 Å². The number of hydrogen-bond donors (Lipinski definition) is 3. The van der Waals surface area contributed by atoms with Crippen molar-refractivity contribution in [3.8, 4) is 11.5 Å². The summed E-state index contributed by atoms with van der Waals surface area (Å²) in [5.41, 5.74) is 0.528. The van der Waals surface area contributed by atoms with Crippen molar-refractivity contribution in [1.82, 2.24) is 38.3 Å². The Labute approximate surface area is 428 Å². The lowest BCUT2D eigenvalue weighted by atomic mass is 9.85. The third-order valence-electron chi connectivity index (χ3n) is 12.1. The van der Waals surface area contributed by atoms with E-state index in [-0.39, 0.29) is 78.7 Å². The summed E-state index contributed by atoms with van der Waals surface area (Å²) in [6, 6.07) is 5.10. The van der Waals surface area contributed by atoms with Gasteiger partial charge in [-0.1, -0.05) is 46.4 Å². The molecule has 4 atom stereocenters. The minimum atomic E-state index is -1.53. The molecule has 2 aliphatic rings. The molecule has 2 aliphatic heterocycles.